The number of nitrogens with zero attached hydrogens (tertiary/aromatic N) is 3. The zero-order valence-corrected chi connectivity index (χ0v) is 18.3. The van der Waals surface area contributed by atoms with Crippen LogP contribution >= 0.6 is 22.7 Å². The van der Waals surface area contributed by atoms with Gasteiger partial charge in [0, 0.05) is 18.9 Å². The molecule has 0 bridgehead atoms. The second-order valence-corrected chi connectivity index (χ2v) is 9.84. The Hall–Kier alpha value is -2.58. The highest BCUT2D eigenvalue weighted by atomic mass is 32.1. The molecule has 1 aromatic carbocycles. The zero-order valence-electron chi connectivity index (χ0n) is 16.6. The van der Waals surface area contributed by atoms with Crippen molar-refractivity contribution in [3.8, 4) is 0 Å². The highest BCUT2D eigenvalue weighted by molar-refractivity contribution is 7.18. The molecular formula is C22H22N4O2S2. The third kappa shape index (κ3) is 3.54. The van der Waals surface area contributed by atoms with E-state index in [9.17, 15) is 9.59 Å². The fraction of sp³-hybridized carbons (Fsp3) is 0.364. The zero-order chi connectivity index (χ0) is 20.7. The molecule has 0 radical (unpaired) electrons. The number of carbonyl (C=O) groups excluding carboxylic acids is 1. The van der Waals surface area contributed by atoms with Crippen molar-refractivity contribution < 1.29 is 4.79 Å². The summed E-state index contributed by atoms with van der Waals surface area (Å²) in [5, 5.41) is 2.92. The molecule has 1 fully saturated rings. The van der Waals surface area contributed by atoms with Crippen molar-refractivity contribution >= 4 is 49.0 Å². The maximum Gasteiger partial charge on any atom is 0.268 e. The number of aromatic nitrogens is 3. The van der Waals surface area contributed by atoms with Crippen molar-refractivity contribution in [3.63, 3.8) is 0 Å². The SMILES string of the molecule is CN(Cc1nc2ccsc2c(=O)[nH]1)C(=O)C1CCCCC1c1nc2ccccc2s1. The van der Waals surface area contributed by atoms with E-state index in [2.05, 4.69) is 16.0 Å². The van der Waals surface area contributed by atoms with Crippen LogP contribution in [0.3, 0.4) is 0 Å². The predicted molar refractivity (Wildman–Crippen MR) is 121 cm³/mol. The van der Waals surface area contributed by atoms with Crippen LogP contribution in [0.25, 0.3) is 20.4 Å². The molecule has 6 nitrogen and oxygen atoms in total. The molecule has 5 rings (SSSR count). The number of benzene rings is 1. The lowest BCUT2D eigenvalue weighted by atomic mass is 9.78. The van der Waals surface area contributed by atoms with Crippen molar-refractivity contribution in [2.75, 3.05) is 7.05 Å². The van der Waals surface area contributed by atoms with E-state index < -0.39 is 0 Å². The van der Waals surface area contributed by atoms with Gasteiger partial charge in [-0.2, -0.15) is 0 Å². The molecule has 1 N–H and O–H groups in total. The molecule has 154 valence electrons. The number of H-pyrrole nitrogens is 1. The van der Waals surface area contributed by atoms with Crippen LogP contribution in [0, 0.1) is 5.92 Å². The number of amides is 1. The summed E-state index contributed by atoms with van der Waals surface area (Å²) in [4.78, 5) is 39.5. The molecule has 1 saturated carbocycles. The summed E-state index contributed by atoms with van der Waals surface area (Å²) in [6.45, 7) is 0.295. The van der Waals surface area contributed by atoms with Crippen LogP contribution in [0.1, 0.15) is 42.4 Å². The number of carbonyl (C=O) groups is 1. The molecule has 1 aliphatic carbocycles. The summed E-state index contributed by atoms with van der Waals surface area (Å²) in [7, 11) is 1.80. The van der Waals surface area contributed by atoms with Crippen molar-refractivity contribution in [1.82, 2.24) is 19.9 Å². The van der Waals surface area contributed by atoms with Gasteiger partial charge in [0.05, 0.1) is 27.3 Å². The Labute approximate surface area is 181 Å². The van der Waals surface area contributed by atoms with Crippen molar-refractivity contribution in [1.29, 1.82) is 0 Å². The highest BCUT2D eigenvalue weighted by Gasteiger charge is 2.35. The number of rotatable bonds is 4. The molecule has 4 aromatic rings. The molecule has 3 heterocycles. The minimum atomic E-state index is -0.143. The maximum absolute atomic E-state index is 13.4. The molecule has 8 heteroatoms. The number of thiophene rings is 1. The summed E-state index contributed by atoms with van der Waals surface area (Å²) >= 11 is 3.08. The predicted octanol–water partition coefficient (Wildman–Crippen LogP) is 4.53. The second kappa shape index (κ2) is 7.92. The van der Waals surface area contributed by atoms with Crippen molar-refractivity contribution in [3.05, 3.63) is 56.9 Å². The van der Waals surface area contributed by atoms with E-state index >= 15 is 0 Å². The van der Waals surface area contributed by atoms with Gasteiger partial charge in [0.2, 0.25) is 5.91 Å². The van der Waals surface area contributed by atoms with E-state index in [-0.39, 0.29) is 23.3 Å². The lowest BCUT2D eigenvalue weighted by Crippen LogP contribution is -2.37. The molecule has 3 aromatic heterocycles. The first-order chi connectivity index (χ1) is 14.6. The topological polar surface area (TPSA) is 79.0 Å². The third-order valence-electron chi connectivity index (χ3n) is 5.84. The van der Waals surface area contributed by atoms with Crippen LogP contribution in [-0.4, -0.2) is 32.8 Å². The van der Waals surface area contributed by atoms with Crippen molar-refractivity contribution in [2.45, 2.75) is 38.1 Å². The minimum absolute atomic E-state index is 0.0825. The van der Waals surface area contributed by atoms with E-state index in [1.54, 1.807) is 23.3 Å². The lowest BCUT2D eigenvalue weighted by Gasteiger charge is -2.32. The molecule has 0 aliphatic heterocycles. The standard InChI is InChI=1S/C22H22N4O2S2/c1-26(12-18-23-16-10-11-29-19(16)20(27)25-18)22(28)14-7-3-2-6-13(14)21-24-15-8-4-5-9-17(15)30-21/h4-5,8-11,13-14H,2-3,6-7,12H2,1H3,(H,23,25,27). The van der Waals surface area contributed by atoms with Crippen LogP contribution in [0.15, 0.2) is 40.5 Å². The van der Waals surface area contributed by atoms with Gasteiger partial charge in [-0.15, -0.1) is 22.7 Å². The third-order valence-corrected chi connectivity index (χ3v) is 7.91. The average molecular weight is 439 g/mol. The fourth-order valence-corrected chi connectivity index (χ4v) is 6.25. The quantitative estimate of drug-likeness (QED) is 0.508. The molecule has 2 unspecified atom stereocenters. The monoisotopic (exact) mass is 438 g/mol. The molecule has 0 saturated heterocycles. The van der Waals surface area contributed by atoms with E-state index in [0.717, 1.165) is 36.2 Å². The van der Waals surface area contributed by atoms with Gasteiger partial charge in [-0.1, -0.05) is 25.0 Å². The van der Waals surface area contributed by atoms with Crippen molar-refractivity contribution in [2.24, 2.45) is 5.92 Å². The van der Waals surface area contributed by atoms with Gasteiger partial charge in [-0.05, 0) is 36.4 Å². The average Bonchev–Trinajstić information content (AvgIpc) is 3.40. The maximum atomic E-state index is 13.4. The van der Waals surface area contributed by atoms with Gasteiger partial charge in [0.15, 0.2) is 0 Å². The summed E-state index contributed by atoms with van der Waals surface area (Å²) in [5.41, 5.74) is 1.55. The van der Waals surface area contributed by atoms with E-state index in [1.807, 2.05) is 29.6 Å². The number of hydrogen-bond acceptors (Lipinski definition) is 6. The van der Waals surface area contributed by atoms with E-state index in [0.29, 0.717) is 22.6 Å². The van der Waals surface area contributed by atoms with Crippen LogP contribution in [0.2, 0.25) is 0 Å². The van der Waals surface area contributed by atoms with Crippen LogP contribution in [0.5, 0.6) is 0 Å². The number of fused-ring (bicyclic) bond motifs is 2. The largest absolute Gasteiger partial charge is 0.338 e. The Balaban J connectivity index is 1.39. The second-order valence-electron chi connectivity index (χ2n) is 7.86. The Morgan fingerprint density at radius 1 is 1.17 bits per heavy atom. The molecule has 0 spiro atoms. The van der Waals surface area contributed by atoms with Crippen LogP contribution in [-0.2, 0) is 11.3 Å². The van der Waals surface area contributed by atoms with E-state index in [4.69, 9.17) is 4.98 Å². The van der Waals surface area contributed by atoms with Crippen LogP contribution < -0.4 is 5.56 Å². The summed E-state index contributed by atoms with van der Waals surface area (Å²) in [6, 6.07) is 9.99. The summed E-state index contributed by atoms with van der Waals surface area (Å²) < 4.78 is 1.79. The first-order valence-electron chi connectivity index (χ1n) is 10.2. The molecular weight excluding hydrogens is 416 g/mol. The van der Waals surface area contributed by atoms with Gasteiger partial charge in [0.25, 0.3) is 5.56 Å². The fourth-order valence-electron chi connectivity index (χ4n) is 4.35. The summed E-state index contributed by atoms with van der Waals surface area (Å²) in [5.74, 6) is 0.694. The Bertz CT molecular complexity index is 1240. The Kier molecular flexibility index (Phi) is 5.12. The van der Waals surface area contributed by atoms with Gasteiger partial charge >= 0.3 is 0 Å². The Morgan fingerprint density at radius 3 is 2.87 bits per heavy atom. The minimum Gasteiger partial charge on any atom is -0.338 e. The van der Waals surface area contributed by atoms with E-state index in [1.165, 1.54) is 16.0 Å². The first-order valence-corrected chi connectivity index (χ1v) is 11.9. The molecule has 1 aliphatic rings. The van der Waals surface area contributed by atoms with Gasteiger partial charge in [-0.3, -0.25) is 9.59 Å². The number of hydrogen-bond donors (Lipinski definition) is 1. The molecule has 1 amide bonds. The smallest absolute Gasteiger partial charge is 0.268 e. The first kappa shape index (κ1) is 19.4. The normalized spacial score (nSPS) is 19.4. The number of thiazole rings is 1. The van der Waals surface area contributed by atoms with Gasteiger partial charge in [0.1, 0.15) is 10.5 Å². The van der Waals surface area contributed by atoms with Gasteiger partial charge in [-0.25, -0.2) is 9.97 Å². The number of para-hydroxylation sites is 1. The van der Waals surface area contributed by atoms with Crippen LogP contribution in [0.4, 0.5) is 0 Å². The summed E-state index contributed by atoms with van der Waals surface area (Å²) in [6.07, 6.45) is 4.04. The molecule has 30 heavy (non-hydrogen) atoms. The van der Waals surface area contributed by atoms with Gasteiger partial charge < -0.3 is 9.88 Å². The number of aromatic amines is 1. The molecule has 2 atom stereocenters. The Morgan fingerprint density at radius 2 is 2.00 bits per heavy atom. The highest BCUT2D eigenvalue weighted by Crippen LogP contribution is 2.41. The number of nitrogens with one attached hydrogen (secondary N) is 1. The lowest BCUT2D eigenvalue weighted by molar-refractivity contribution is -0.136.